The zero-order chi connectivity index (χ0) is 17.1. The highest BCUT2D eigenvalue weighted by Crippen LogP contribution is 2.39. The van der Waals surface area contributed by atoms with Gasteiger partial charge in [0.1, 0.15) is 13.4 Å². The van der Waals surface area contributed by atoms with E-state index in [-0.39, 0.29) is 0 Å². The maximum atomic E-state index is 4.73. The minimum atomic E-state index is -0.502. The molecule has 0 atom stereocenters. The van der Waals surface area contributed by atoms with Crippen LogP contribution in [0.2, 0.25) is 0 Å². The topological polar surface area (TPSA) is 17.8 Å². The lowest BCUT2D eigenvalue weighted by Crippen LogP contribution is -2.38. The van der Waals surface area contributed by atoms with Gasteiger partial charge in [-0.3, -0.25) is 4.68 Å². The number of aromatic nitrogens is 2. The van der Waals surface area contributed by atoms with Crippen LogP contribution < -0.4 is 5.46 Å². The highest BCUT2D eigenvalue weighted by Gasteiger charge is 2.38. The molecule has 1 aromatic heterocycles. The molecule has 0 aliphatic carbocycles. The Morgan fingerprint density at radius 2 is 1.04 bits per heavy atom. The van der Waals surface area contributed by atoms with Crippen LogP contribution in [0.5, 0.6) is 0 Å². The fourth-order valence-electron chi connectivity index (χ4n) is 3.53. The molecule has 0 saturated carbocycles. The van der Waals surface area contributed by atoms with E-state index < -0.39 is 5.54 Å². The third-order valence-corrected chi connectivity index (χ3v) is 4.63. The van der Waals surface area contributed by atoms with E-state index in [1.807, 2.05) is 6.20 Å². The maximum Gasteiger partial charge on any atom is 0.143 e. The minimum absolute atomic E-state index is 0.502. The monoisotopic (exact) mass is 322 g/mol. The Morgan fingerprint density at radius 1 is 0.640 bits per heavy atom. The van der Waals surface area contributed by atoms with E-state index in [2.05, 4.69) is 110 Å². The van der Waals surface area contributed by atoms with Crippen molar-refractivity contribution in [1.29, 1.82) is 0 Å². The van der Waals surface area contributed by atoms with Gasteiger partial charge in [0.05, 0.1) is 0 Å². The summed E-state index contributed by atoms with van der Waals surface area (Å²) in [4.78, 5) is 0. The van der Waals surface area contributed by atoms with E-state index in [4.69, 9.17) is 5.10 Å². The Kier molecular flexibility index (Phi) is 3.98. The second-order valence-electron chi connectivity index (χ2n) is 6.27. The van der Waals surface area contributed by atoms with E-state index in [1.54, 1.807) is 0 Å². The number of benzene rings is 3. The molecule has 0 N–H and O–H groups in total. The minimum Gasteiger partial charge on any atom is -0.254 e. The van der Waals surface area contributed by atoms with Gasteiger partial charge in [-0.05, 0) is 16.7 Å². The molecule has 0 spiro atoms. The Hall–Kier alpha value is -3.07. The largest absolute Gasteiger partial charge is 0.254 e. The Labute approximate surface area is 149 Å². The van der Waals surface area contributed by atoms with Gasteiger partial charge in [-0.1, -0.05) is 96.5 Å². The van der Waals surface area contributed by atoms with Crippen LogP contribution in [0, 0.1) is 0 Å². The summed E-state index contributed by atoms with van der Waals surface area (Å²) in [5.41, 5.74) is 4.21. The fourth-order valence-corrected chi connectivity index (χ4v) is 3.53. The molecule has 0 unspecified atom stereocenters. The molecule has 0 radical (unpaired) electrons. The second-order valence-corrected chi connectivity index (χ2v) is 6.27. The van der Waals surface area contributed by atoms with Gasteiger partial charge >= 0.3 is 0 Å². The molecule has 0 saturated heterocycles. The number of nitrogens with zero attached hydrogens (tertiary/aromatic N) is 2. The van der Waals surface area contributed by atoms with Gasteiger partial charge in [-0.2, -0.15) is 5.10 Å². The molecule has 1 heterocycles. The molecule has 120 valence electrons. The molecular formula is C22H19BN2. The van der Waals surface area contributed by atoms with Crippen molar-refractivity contribution >= 4 is 13.3 Å². The second kappa shape index (κ2) is 6.44. The third-order valence-electron chi connectivity index (χ3n) is 4.63. The lowest BCUT2D eigenvalue weighted by Gasteiger charge is -2.36. The highest BCUT2D eigenvalue weighted by molar-refractivity contribution is 6.31. The lowest BCUT2D eigenvalue weighted by atomic mass is 9.77. The summed E-state index contributed by atoms with van der Waals surface area (Å²) in [7, 11) is 2.08. The normalized spacial score (nSPS) is 11.4. The van der Waals surface area contributed by atoms with Crippen molar-refractivity contribution in [1.82, 2.24) is 9.78 Å². The molecule has 0 amide bonds. The van der Waals surface area contributed by atoms with Crippen LogP contribution in [0.3, 0.4) is 0 Å². The quantitative estimate of drug-likeness (QED) is 0.417. The van der Waals surface area contributed by atoms with Crippen molar-refractivity contribution in [2.45, 2.75) is 5.54 Å². The predicted octanol–water partition coefficient (Wildman–Crippen LogP) is 2.98. The average molecular weight is 322 g/mol. The molecular weight excluding hydrogens is 303 g/mol. The fraction of sp³-hybridized carbons (Fsp3) is 0.0455. The van der Waals surface area contributed by atoms with Crippen molar-refractivity contribution in [2.75, 3.05) is 0 Å². The van der Waals surface area contributed by atoms with Gasteiger partial charge in [0.25, 0.3) is 0 Å². The van der Waals surface area contributed by atoms with Crippen molar-refractivity contribution in [3.63, 3.8) is 0 Å². The average Bonchev–Trinajstić information content (AvgIpc) is 3.12. The summed E-state index contributed by atoms with van der Waals surface area (Å²) in [5, 5.41) is 4.73. The summed E-state index contributed by atoms with van der Waals surface area (Å²) < 4.78 is 2.09. The molecule has 0 aliphatic rings. The van der Waals surface area contributed by atoms with E-state index in [0.29, 0.717) is 0 Å². The van der Waals surface area contributed by atoms with Crippen molar-refractivity contribution < 1.29 is 0 Å². The van der Waals surface area contributed by atoms with Crippen LogP contribution in [-0.2, 0) is 5.54 Å². The van der Waals surface area contributed by atoms with E-state index in [1.165, 1.54) is 16.7 Å². The Balaban J connectivity index is 2.12. The molecule has 0 fully saturated rings. The summed E-state index contributed by atoms with van der Waals surface area (Å²) in [6.07, 6.45) is 4.04. The predicted molar refractivity (Wildman–Crippen MR) is 105 cm³/mol. The molecule has 3 aromatic carbocycles. The molecule has 25 heavy (non-hydrogen) atoms. The van der Waals surface area contributed by atoms with Gasteiger partial charge < -0.3 is 0 Å². The molecule has 4 rings (SSSR count). The summed E-state index contributed by atoms with van der Waals surface area (Å²) >= 11 is 0. The standard InChI is InChI=1S/C22H19BN2/c23-21-16-24-25(17-21)22(18-10-4-1-5-11-18,19-12-6-2-7-13-19)20-14-8-3-9-15-20/h1-17H,23H2. The summed E-state index contributed by atoms with van der Waals surface area (Å²) in [6, 6.07) is 31.8. The number of rotatable bonds is 4. The summed E-state index contributed by atoms with van der Waals surface area (Å²) in [5.74, 6) is 0. The van der Waals surface area contributed by atoms with Crippen LogP contribution in [0.25, 0.3) is 0 Å². The highest BCUT2D eigenvalue weighted by atomic mass is 15.3. The maximum absolute atomic E-state index is 4.73. The molecule has 0 bridgehead atoms. The first-order valence-electron chi connectivity index (χ1n) is 8.50. The van der Waals surface area contributed by atoms with Crippen molar-refractivity contribution in [3.05, 3.63) is 120 Å². The van der Waals surface area contributed by atoms with Crippen LogP contribution in [0.15, 0.2) is 103 Å². The van der Waals surface area contributed by atoms with Crippen LogP contribution in [-0.4, -0.2) is 17.6 Å². The van der Waals surface area contributed by atoms with Crippen LogP contribution >= 0.6 is 0 Å². The van der Waals surface area contributed by atoms with Gasteiger partial charge in [0.2, 0.25) is 0 Å². The smallest absolute Gasteiger partial charge is 0.143 e. The first-order valence-corrected chi connectivity index (χ1v) is 8.50. The van der Waals surface area contributed by atoms with Gasteiger partial charge in [0.15, 0.2) is 0 Å². The van der Waals surface area contributed by atoms with Gasteiger partial charge in [-0.15, -0.1) is 0 Å². The lowest BCUT2D eigenvalue weighted by molar-refractivity contribution is 0.460. The third kappa shape index (κ3) is 2.58. The zero-order valence-corrected chi connectivity index (χ0v) is 14.2. The Bertz CT molecular complexity index is 850. The number of hydrogen-bond donors (Lipinski definition) is 0. The van der Waals surface area contributed by atoms with Crippen LogP contribution in [0.4, 0.5) is 0 Å². The number of hydrogen-bond acceptors (Lipinski definition) is 1. The van der Waals surface area contributed by atoms with Crippen LogP contribution in [0.1, 0.15) is 16.7 Å². The first-order chi connectivity index (χ1) is 12.3. The molecule has 4 aromatic rings. The molecule has 2 nitrogen and oxygen atoms in total. The molecule has 3 heteroatoms. The Morgan fingerprint density at radius 3 is 1.36 bits per heavy atom. The first kappa shape index (κ1) is 15.5. The summed E-state index contributed by atoms with van der Waals surface area (Å²) in [6.45, 7) is 0. The van der Waals surface area contributed by atoms with Crippen molar-refractivity contribution in [2.24, 2.45) is 0 Å². The SMILES string of the molecule is Bc1cnn(C(c2ccccc2)(c2ccccc2)c2ccccc2)c1. The van der Waals surface area contributed by atoms with E-state index in [0.717, 1.165) is 5.46 Å². The zero-order valence-electron chi connectivity index (χ0n) is 14.2. The van der Waals surface area contributed by atoms with E-state index in [9.17, 15) is 0 Å². The van der Waals surface area contributed by atoms with Gasteiger partial charge in [0, 0.05) is 12.4 Å². The van der Waals surface area contributed by atoms with E-state index >= 15 is 0 Å². The van der Waals surface area contributed by atoms with Gasteiger partial charge in [-0.25, -0.2) is 0 Å². The van der Waals surface area contributed by atoms with Crippen molar-refractivity contribution in [3.8, 4) is 0 Å². The molecule has 0 aliphatic heterocycles.